The van der Waals surface area contributed by atoms with E-state index in [-0.39, 0.29) is 0 Å². The van der Waals surface area contributed by atoms with Crippen LogP contribution in [0.15, 0.2) is 30.3 Å². The van der Waals surface area contributed by atoms with Gasteiger partial charge in [0.1, 0.15) is 0 Å². The summed E-state index contributed by atoms with van der Waals surface area (Å²) in [4.78, 5) is 21.3. The van der Waals surface area contributed by atoms with Crippen molar-refractivity contribution in [2.45, 2.75) is 4.52 Å². The Balaban J connectivity index is 2.66. The second-order valence-electron chi connectivity index (χ2n) is 2.29. The monoisotopic (exact) mass is 256 g/mol. The zero-order chi connectivity index (χ0) is 10.6. The summed E-state index contributed by atoms with van der Waals surface area (Å²) < 4.78 is 2.32. The second-order valence-corrected chi connectivity index (χ2v) is 4.21. The molecule has 0 aliphatic rings. The van der Waals surface area contributed by atoms with Gasteiger partial charge in [-0.3, -0.25) is 0 Å². The fraction of sp³-hybridized carbons (Fsp3) is 0.143. The molecule has 14 heavy (non-hydrogen) atoms. The molecule has 0 unspecified atom stereocenters. The maximum Gasteiger partial charge on any atom is 0.357 e. The zero-order valence-electron chi connectivity index (χ0n) is 6.80. The number of rotatable bonds is 4. The third-order valence-corrected chi connectivity index (χ3v) is 2.09. The molecule has 0 aliphatic heterocycles. The summed E-state index contributed by atoms with van der Waals surface area (Å²) in [6.07, 6.45) is 0. The largest absolute Gasteiger partial charge is 0.357 e. The fourth-order valence-corrected chi connectivity index (χ4v) is 1.34. The minimum Gasteiger partial charge on any atom is -0.327 e. The molecule has 0 amide bonds. The first-order chi connectivity index (χ1) is 6.52. The molecule has 78 valence electrons. The Morgan fingerprint density at radius 2 is 1.71 bits per heavy atom. The first-order valence-electron chi connectivity index (χ1n) is 3.49. The molecular formula is C7H7Cl2O4P. The Bertz CT molecular complexity index is 280. The van der Waals surface area contributed by atoms with E-state index in [0.29, 0.717) is 5.56 Å². The summed E-state index contributed by atoms with van der Waals surface area (Å²) in [7, 11) is -2.65. The lowest BCUT2D eigenvalue weighted by molar-refractivity contribution is -0.245. The average Bonchev–Trinajstić information content (AvgIpc) is 2.16. The van der Waals surface area contributed by atoms with Crippen molar-refractivity contribution in [3.05, 3.63) is 35.9 Å². The van der Waals surface area contributed by atoms with Gasteiger partial charge in [0.2, 0.25) is 0 Å². The van der Waals surface area contributed by atoms with E-state index in [0.717, 1.165) is 0 Å². The summed E-state index contributed by atoms with van der Waals surface area (Å²) in [5.74, 6) is 0. The van der Waals surface area contributed by atoms with E-state index in [1.54, 1.807) is 30.3 Å². The van der Waals surface area contributed by atoms with Crippen molar-refractivity contribution in [1.29, 1.82) is 0 Å². The van der Waals surface area contributed by atoms with Gasteiger partial charge in [-0.2, -0.15) is 4.89 Å². The van der Waals surface area contributed by atoms with E-state index in [2.05, 4.69) is 9.56 Å². The maximum absolute atomic E-state index is 8.42. The lowest BCUT2D eigenvalue weighted by Crippen LogP contribution is -2.14. The van der Waals surface area contributed by atoms with Gasteiger partial charge < -0.3 is 9.79 Å². The smallest absolute Gasteiger partial charge is 0.327 e. The third kappa shape index (κ3) is 3.67. The van der Waals surface area contributed by atoms with Gasteiger partial charge in [-0.15, -0.1) is 4.67 Å². The lowest BCUT2D eigenvalue weighted by Gasteiger charge is -2.18. The van der Waals surface area contributed by atoms with Crippen LogP contribution in [0.4, 0.5) is 0 Å². The standard InChI is InChI=1S/C7H7Cl2O4P/c8-7(9,12-13-14(10)11)6-4-2-1-3-5-6/h1-5,10-11H. The van der Waals surface area contributed by atoms with Crippen molar-refractivity contribution >= 4 is 31.8 Å². The van der Waals surface area contributed by atoms with Crippen molar-refractivity contribution in [3.8, 4) is 0 Å². The van der Waals surface area contributed by atoms with E-state index in [4.69, 9.17) is 33.0 Å². The summed E-state index contributed by atoms with van der Waals surface area (Å²) >= 11 is 11.4. The highest BCUT2D eigenvalue weighted by atomic mass is 35.5. The molecule has 0 saturated heterocycles. The van der Waals surface area contributed by atoms with Crippen LogP contribution in [0, 0.1) is 0 Å². The third-order valence-electron chi connectivity index (χ3n) is 1.32. The number of hydrogen-bond acceptors (Lipinski definition) is 4. The molecule has 1 aromatic rings. The Hall–Kier alpha value is 0.0700. The molecule has 2 N–H and O–H groups in total. The Labute approximate surface area is 91.9 Å². The highest BCUT2D eigenvalue weighted by Gasteiger charge is 2.30. The first kappa shape index (κ1) is 12.1. The maximum atomic E-state index is 8.42. The van der Waals surface area contributed by atoms with E-state index >= 15 is 0 Å². The summed E-state index contributed by atoms with van der Waals surface area (Å²) in [5, 5.41) is 0. The van der Waals surface area contributed by atoms with Crippen molar-refractivity contribution in [1.82, 2.24) is 0 Å². The Morgan fingerprint density at radius 3 is 2.21 bits per heavy atom. The molecule has 0 atom stereocenters. The van der Waals surface area contributed by atoms with Gasteiger partial charge in [-0.05, 0) is 0 Å². The van der Waals surface area contributed by atoms with Crippen LogP contribution in [0.1, 0.15) is 5.56 Å². The predicted molar refractivity (Wildman–Crippen MR) is 53.4 cm³/mol. The molecule has 7 heteroatoms. The second kappa shape index (κ2) is 5.24. The Morgan fingerprint density at radius 1 is 1.14 bits per heavy atom. The van der Waals surface area contributed by atoms with E-state index in [1.165, 1.54) is 0 Å². The summed E-state index contributed by atoms with van der Waals surface area (Å²) in [6, 6.07) is 8.41. The topological polar surface area (TPSA) is 58.9 Å². The molecular weight excluding hydrogens is 250 g/mol. The normalized spacial score (nSPS) is 12.1. The van der Waals surface area contributed by atoms with Gasteiger partial charge in [0, 0.05) is 5.56 Å². The molecule has 0 radical (unpaired) electrons. The van der Waals surface area contributed by atoms with E-state index in [9.17, 15) is 0 Å². The minimum absolute atomic E-state index is 0.431. The molecule has 4 nitrogen and oxygen atoms in total. The molecule has 0 saturated carbocycles. The number of hydrogen-bond donors (Lipinski definition) is 2. The Kier molecular flexibility index (Phi) is 4.54. The van der Waals surface area contributed by atoms with Crippen LogP contribution in [0.25, 0.3) is 0 Å². The highest BCUT2D eigenvalue weighted by Crippen LogP contribution is 2.39. The van der Waals surface area contributed by atoms with Crippen molar-refractivity contribution in [2.24, 2.45) is 0 Å². The van der Waals surface area contributed by atoms with Crippen molar-refractivity contribution in [2.75, 3.05) is 0 Å². The van der Waals surface area contributed by atoms with E-state index in [1.807, 2.05) is 0 Å². The quantitative estimate of drug-likeness (QED) is 0.376. The van der Waals surface area contributed by atoms with Crippen LogP contribution in [-0.2, 0) is 14.1 Å². The molecule has 0 bridgehead atoms. The fourth-order valence-electron chi connectivity index (χ4n) is 0.760. The molecule has 0 spiro atoms. The number of benzene rings is 1. The van der Waals surface area contributed by atoms with E-state index < -0.39 is 13.1 Å². The van der Waals surface area contributed by atoms with Gasteiger partial charge in [0.15, 0.2) is 0 Å². The van der Waals surface area contributed by atoms with Crippen LogP contribution >= 0.6 is 31.8 Å². The molecule has 1 rings (SSSR count). The summed E-state index contributed by atoms with van der Waals surface area (Å²) in [5.41, 5.74) is 0.431. The van der Waals surface area contributed by atoms with Crippen LogP contribution in [0.5, 0.6) is 0 Å². The summed E-state index contributed by atoms with van der Waals surface area (Å²) in [6.45, 7) is 0. The van der Waals surface area contributed by atoms with Gasteiger partial charge in [0.25, 0.3) is 4.52 Å². The van der Waals surface area contributed by atoms with Crippen LogP contribution in [0.3, 0.4) is 0 Å². The van der Waals surface area contributed by atoms with Gasteiger partial charge in [-0.1, -0.05) is 53.5 Å². The lowest BCUT2D eigenvalue weighted by atomic mass is 10.2. The molecule has 0 heterocycles. The molecule has 0 aliphatic carbocycles. The van der Waals surface area contributed by atoms with Crippen LogP contribution < -0.4 is 0 Å². The van der Waals surface area contributed by atoms with Gasteiger partial charge in [-0.25, -0.2) is 0 Å². The molecule has 0 fully saturated rings. The van der Waals surface area contributed by atoms with Crippen LogP contribution in [-0.4, -0.2) is 9.79 Å². The predicted octanol–water partition coefficient (Wildman–Crippen LogP) is 2.43. The van der Waals surface area contributed by atoms with Crippen molar-refractivity contribution in [3.63, 3.8) is 0 Å². The molecule has 0 aromatic heterocycles. The minimum atomic E-state index is -2.65. The molecule has 1 aromatic carbocycles. The van der Waals surface area contributed by atoms with Crippen molar-refractivity contribution < 1.29 is 19.3 Å². The first-order valence-corrected chi connectivity index (χ1v) is 5.41. The number of alkyl halides is 2. The van der Waals surface area contributed by atoms with Gasteiger partial charge >= 0.3 is 8.60 Å². The number of halogens is 2. The SMILES string of the molecule is OP(O)OOC(Cl)(Cl)c1ccccc1. The average molecular weight is 257 g/mol. The highest BCUT2D eigenvalue weighted by molar-refractivity contribution is 7.39. The van der Waals surface area contributed by atoms with Gasteiger partial charge in [0.05, 0.1) is 0 Å². The zero-order valence-corrected chi connectivity index (χ0v) is 9.21. The van der Waals surface area contributed by atoms with Crippen LogP contribution in [0.2, 0.25) is 0 Å².